The molecule has 3 aromatic heterocycles. The molecule has 0 atom stereocenters. The molecule has 0 aliphatic carbocycles. The summed E-state index contributed by atoms with van der Waals surface area (Å²) in [4.78, 5) is 40.1. The molecule has 0 unspecified atom stereocenters. The average Bonchev–Trinajstić information content (AvgIpc) is 3.53. The van der Waals surface area contributed by atoms with Crippen LogP contribution in [0.1, 0.15) is 56.3 Å². The molecule has 2 fully saturated rings. The molecule has 2 aliphatic heterocycles. The maximum atomic E-state index is 13.9. The third kappa shape index (κ3) is 8.75. The van der Waals surface area contributed by atoms with Crippen LogP contribution < -0.4 is 21.3 Å². The summed E-state index contributed by atoms with van der Waals surface area (Å²) >= 11 is 0. The normalized spacial score (nSPS) is 15.7. The molecule has 5 heterocycles. The van der Waals surface area contributed by atoms with Gasteiger partial charge in [-0.05, 0) is 25.8 Å². The summed E-state index contributed by atoms with van der Waals surface area (Å²) in [6.07, 6.45) is 7.03. The molecule has 15 nitrogen and oxygen atoms in total. The monoisotopic (exact) mass is 629 g/mol. The molecule has 5 rings (SSSR count). The number of nitrogens with two attached hydrogens (primary N) is 2. The van der Waals surface area contributed by atoms with Gasteiger partial charge in [-0.1, -0.05) is 24.5 Å². The molecule has 2 aliphatic rings. The van der Waals surface area contributed by atoms with E-state index in [2.05, 4.69) is 35.2 Å². The van der Waals surface area contributed by atoms with Crippen LogP contribution in [0.3, 0.4) is 0 Å². The summed E-state index contributed by atoms with van der Waals surface area (Å²) in [5, 5.41) is 8.44. The second kappa shape index (κ2) is 15.7. The van der Waals surface area contributed by atoms with E-state index in [9.17, 15) is 13.6 Å². The Balaban J connectivity index is 1.19. The highest BCUT2D eigenvalue weighted by atomic mass is 19.3. The lowest BCUT2D eigenvalue weighted by atomic mass is 10.1. The molecule has 4 N–H and O–H groups in total. The van der Waals surface area contributed by atoms with Crippen LogP contribution in [-0.4, -0.2) is 110 Å². The highest BCUT2D eigenvalue weighted by Crippen LogP contribution is 2.30. The van der Waals surface area contributed by atoms with E-state index < -0.39 is 12.1 Å². The van der Waals surface area contributed by atoms with Gasteiger partial charge in [0, 0.05) is 58.1 Å². The van der Waals surface area contributed by atoms with Gasteiger partial charge in [-0.2, -0.15) is 15.0 Å². The number of hydrogen-bond donors (Lipinski definition) is 2. The number of piperazine rings is 1. The number of anilines is 3. The molecule has 0 aromatic carbocycles. The first kappa shape index (κ1) is 32.3. The van der Waals surface area contributed by atoms with Crippen molar-refractivity contribution in [1.82, 2.24) is 44.8 Å². The molecule has 45 heavy (non-hydrogen) atoms. The molecular formula is C28H41F2N13O2. The van der Waals surface area contributed by atoms with Crippen LogP contribution >= 0.6 is 0 Å². The highest BCUT2D eigenvalue weighted by molar-refractivity contribution is 5.76. The summed E-state index contributed by atoms with van der Waals surface area (Å²) in [6.45, 7) is 5.16. The predicted molar refractivity (Wildman–Crippen MR) is 163 cm³/mol. The minimum Gasteiger partial charge on any atom is -0.378 e. The predicted octanol–water partition coefficient (Wildman–Crippen LogP) is 1.47. The van der Waals surface area contributed by atoms with Crippen LogP contribution in [-0.2, 0) is 22.5 Å². The van der Waals surface area contributed by atoms with Gasteiger partial charge in [-0.15, -0.1) is 5.10 Å². The van der Waals surface area contributed by atoms with E-state index in [4.69, 9.17) is 16.2 Å². The van der Waals surface area contributed by atoms with Gasteiger partial charge in [0.1, 0.15) is 5.69 Å². The smallest absolute Gasteiger partial charge is 0.281 e. The maximum absolute atomic E-state index is 13.9. The van der Waals surface area contributed by atoms with E-state index >= 15 is 0 Å². The zero-order valence-electron chi connectivity index (χ0n) is 25.4. The van der Waals surface area contributed by atoms with Crippen molar-refractivity contribution in [1.29, 1.82) is 0 Å². The number of nitrogens with zero attached hydrogens (tertiary/aromatic N) is 11. The number of ether oxygens (including phenoxy) is 1. The molecule has 2 saturated heterocycles. The summed E-state index contributed by atoms with van der Waals surface area (Å²) in [6, 6.07) is 0. The number of aromatic nitrogens is 8. The summed E-state index contributed by atoms with van der Waals surface area (Å²) < 4.78 is 35.0. The van der Waals surface area contributed by atoms with Crippen LogP contribution in [0.5, 0.6) is 0 Å². The van der Waals surface area contributed by atoms with Crippen LogP contribution in [0.15, 0.2) is 12.4 Å². The molecule has 0 saturated carbocycles. The van der Waals surface area contributed by atoms with Crippen molar-refractivity contribution >= 4 is 23.8 Å². The summed E-state index contributed by atoms with van der Waals surface area (Å²) in [5.41, 5.74) is 11.5. The number of morpholine rings is 1. The SMILES string of the molecule is NCCCCCCCc1cn(CCC(=O)N2CCN(c3nc(-c4cnc(N)nc4C(F)F)nc(N4CCOCC4)n3)CC2)nn1. The lowest BCUT2D eigenvalue weighted by Crippen LogP contribution is -2.49. The van der Waals surface area contributed by atoms with Crippen LogP contribution in [0.2, 0.25) is 0 Å². The summed E-state index contributed by atoms with van der Waals surface area (Å²) in [7, 11) is 0. The summed E-state index contributed by atoms with van der Waals surface area (Å²) in [5.74, 6) is 0.492. The number of hydrogen-bond acceptors (Lipinski definition) is 13. The second-order valence-electron chi connectivity index (χ2n) is 11.1. The van der Waals surface area contributed by atoms with E-state index in [0.29, 0.717) is 77.3 Å². The Morgan fingerprint density at radius 2 is 1.60 bits per heavy atom. The number of nitrogen functional groups attached to an aromatic ring is 1. The van der Waals surface area contributed by atoms with Crippen molar-refractivity contribution in [3.63, 3.8) is 0 Å². The van der Waals surface area contributed by atoms with Crippen molar-refractivity contribution < 1.29 is 18.3 Å². The molecular weight excluding hydrogens is 588 g/mol. The van der Waals surface area contributed by atoms with Crippen molar-refractivity contribution in [2.75, 3.05) is 74.6 Å². The molecule has 17 heteroatoms. The molecule has 0 radical (unpaired) electrons. The topological polar surface area (TPSA) is 183 Å². The van der Waals surface area contributed by atoms with Crippen molar-refractivity contribution in [3.05, 3.63) is 23.8 Å². The van der Waals surface area contributed by atoms with E-state index in [1.165, 1.54) is 12.6 Å². The fourth-order valence-corrected chi connectivity index (χ4v) is 5.34. The van der Waals surface area contributed by atoms with Gasteiger partial charge in [0.05, 0.1) is 31.0 Å². The Bertz CT molecular complexity index is 1390. The lowest BCUT2D eigenvalue weighted by molar-refractivity contribution is -0.131. The van der Waals surface area contributed by atoms with E-state index in [1.54, 1.807) is 4.68 Å². The highest BCUT2D eigenvalue weighted by Gasteiger charge is 2.27. The van der Waals surface area contributed by atoms with Crippen LogP contribution in [0, 0.1) is 0 Å². The Kier molecular flexibility index (Phi) is 11.3. The number of halogens is 2. The van der Waals surface area contributed by atoms with Gasteiger partial charge in [-0.25, -0.2) is 18.7 Å². The maximum Gasteiger partial charge on any atom is 0.281 e. The second-order valence-corrected chi connectivity index (χ2v) is 11.1. The molecule has 244 valence electrons. The van der Waals surface area contributed by atoms with Gasteiger partial charge < -0.3 is 30.9 Å². The quantitative estimate of drug-likeness (QED) is 0.245. The number of alkyl halides is 2. The first-order chi connectivity index (χ1) is 21.9. The van der Waals surface area contributed by atoms with Crippen molar-refractivity contribution in [2.45, 2.75) is 57.9 Å². The zero-order valence-corrected chi connectivity index (χ0v) is 25.4. The van der Waals surface area contributed by atoms with Gasteiger partial charge in [0.25, 0.3) is 6.43 Å². The Labute approximate surface area is 260 Å². The number of carbonyl (C=O) groups is 1. The molecule has 1 amide bonds. The minimum absolute atomic E-state index is 0.00930. The number of unbranched alkanes of at least 4 members (excludes halogenated alkanes) is 4. The number of aryl methyl sites for hydroxylation is 2. The Hall–Kier alpha value is -4.12. The molecule has 3 aromatic rings. The first-order valence-corrected chi connectivity index (χ1v) is 15.5. The Morgan fingerprint density at radius 1 is 0.911 bits per heavy atom. The fraction of sp³-hybridized carbons (Fsp3) is 0.643. The van der Waals surface area contributed by atoms with Gasteiger partial charge in [0.15, 0.2) is 5.82 Å². The van der Waals surface area contributed by atoms with Gasteiger partial charge in [-0.3, -0.25) is 9.48 Å². The fourth-order valence-electron chi connectivity index (χ4n) is 5.34. The van der Waals surface area contributed by atoms with Crippen molar-refractivity contribution in [3.8, 4) is 11.4 Å². The molecule has 0 spiro atoms. The first-order valence-electron chi connectivity index (χ1n) is 15.5. The van der Waals surface area contributed by atoms with Crippen LogP contribution in [0.25, 0.3) is 11.4 Å². The van der Waals surface area contributed by atoms with Gasteiger partial charge >= 0.3 is 0 Å². The standard InChI is InChI=1S/C28H41F2N13O2/c29-24(30)23-21(18-33-26(32)34-23)25-35-27(37-28(36-25)42-14-16-45-17-15-42)41-12-10-40(11-13-41)22(44)7-9-43-19-20(38-39-43)6-4-2-1-3-5-8-31/h18-19,24H,1-17,31H2,(H2,32,33,34). The van der Waals surface area contributed by atoms with Crippen LogP contribution in [0.4, 0.5) is 26.6 Å². The zero-order chi connectivity index (χ0) is 31.6. The average molecular weight is 630 g/mol. The van der Waals surface area contributed by atoms with E-state index in [0.717, 1.165) is 44.3 Å². The number of carbonyl (C=O) groups excluding carboxylic acids is 1. The number of rotatable bonds is 14. The molecule has 0 bridgehead atoms. The van der Waals surface area contributed by atoms with E-state index in [-0.39, 0.29) is 23.2 Å². The third-order valence-electron chi connectivity index (χ3n) is 7.88. The largest absolute Gasteiger partial charge is 0.378 e. The van der Waals surface area contributed by atoms with Crippen molar-refractivity contribution in [2.24, 2.45) is 5.73 Å². The minimum atomic E-state index is -2.90. The Morgan fingerprint density at radius 3 is 2.31 bits per heavy atom. The third-order valence-corrected chi connectivity index (χ3v) is 7.88. The van der Waals surface area contributed by atoms with Gasteiger partial charge in [0.2, 0.25) is 23.8 Å². The number of amides is 1. The lowest BCUT2D eigenvalue weighted by Gasteiger charge is -2.35. The van der Waals surface area contributed by atoms with E-state index in [1.807, 2.05) is 20.9 Å².